The Bertz CT molecular complexity index is 342. The van der Waals surface area contributed by atoms with E-state index in [1.807, 2.05) is 6.92 Å². The molecule has 0 unspecified atom stereocenters. The maximum atomic E-state index is 6.36. The lowest BCUT2D eigenvalue weighted by molar-refractivity contribution is 0.187. The van der Waals surface area contributed by atoms with Gasteiger partial charge in [-0.2, -0.15) is 0 Å². The van der Waals surface area contributed by atoms with Crippen LogP contribution in [0.2, 0.25) is 0 Å². The number of aromatic nitrogens is 2. The minimum atomic E-state index is -0.190. The van der Waals surface area contributed by atoms with Crippen molar-refractivity contribution in [1.82, 2.24) is 9.97 Å². The quantitative estimate of drug-likeness (QED) is 0.816. The second kappa shape index (κ2) is 5.45. The fourth-order valence-corrected chi connectivity index (χ4v) is 2.24. The molecule has 4 heteroatoms. The predicted molar refractivity (Wildman–Crippen MR) is 66.9 cm³/mol. The van der Waals surface area contributed by atoms with Gasteiger partial charge in [-0.3, -0.25) is 0 Å². The fourth-order valence-electron chi connectivity index (χ4n) is 2.24. The van der Waals surface area contributed by atoms with E-state index in [0.29, 0.717) is 12.6 Å². The molecule has 94 valence electrons. The summed E-state index contributed by atoms with van der Waals surface area (Å²) in [7, 11) is 0. The Morgan fingerprint density at radius 2 is 1.76 bits per heavy atom. The van der Waals surface area contributed by atoms with E-state index in [1.165, 1.54) is 25.7 Å². The van der Waals surface area contributed by atoms with Crippen molar-refractivity contribution >= 4 is 0 Å². The van der Waals surface area contributed by atoms with Gasteiger partial charge in [0.25, 0.3) is 0 Å². The third-order valence-corrected chi connectivity index (χ3v) is 3.35. The van der Waals surface area contributed by atoms with Gasteiger partial charge in [0, 0.05) is 12.4 Å². The van der Waals surface area contributed by atoms with Gasteiger partial charge in [-0.15, -0.1) is 0 Å². The van der Waals surface area contributed by atoms with Crippen molar-refractivity contribution in [2.45, 2.75) is 51.0 Å². The molecule has 0 aromatic carbocycles. The van der Waals surface area contributed by atoms with Gasteiger partial charge in [0.2, 0.25) is 0 Å². The first-order valence-corrected chi connectivity index (χ1v) is 6.38. The average Bonchev–Trinajstić information content (AvgIpc) is 2.54. The summed E-state index contributed by atoms with van der Waals surface area (Å²) in [5, 5.41) is 0. The van der Waals surface area contributed by atoms with Crippen LogP contribution in [0.25, 0.3) is 0 Å². The van der Waals surface area contributed by atoms with E-state index in [2.05, 4.69) is 9.97 Å². The van der Waals surface area contributed by atoms with Crippen LogP contribution >= 0.6 is 0 Å². The van der Waals surface area contributed by atoms with Crippen molar-refractivity contribution in [2.75, 3.05) is 6.61 Å². The number of hydrogen-bond acceptors (Lipinski definition) is 4. The van der Waals surface area contributed by atoms with Crippen LogP contribution in [0.3, 0.4) is 0 Å². The Kier molecular flexibility index (Phi) is 3.94. The summed E-state index contributed by atoms with van der Waals surface area (Å²) >= 11 is 0. The van der Waals surface area contributed by atoms with E-state index >= 15 is 0 Å². The highest BCUT2D eigenvalue weighted by Gasteiger charge is 2.27. The van der Waals surface area contributed by atoms with Crippen LogP contribution < -0.4 is 10.5 Å². The summed E-state index contributed by atoms with van der Waals surface area (Å²) < 4.78 is 5.61. The Morgan fingerprint density at radius 3 is 2.35 bits per heavy atom. The Morgan fingerprint density at radius 1 is 1.18 bits per heavy atom. The monoisotopic (exact) mass is 235 g/mol. The maximum Gasteiger partial charge on any atom is 0.316 e. The number of hydrogen-bond donors (Lipinski definition) is 1. The van der Waals surface area contributed by atoms with E-state index in [9.17, 15) is 0 Å². The smallest absolute Gasteiger partial charge is 0.316 e. The number of nitrogens with zero attached hydrogens (tertiary/aromatic N) is 2. The molecule has 4 nitrogen and oxygen atoms in total. The SMILES string of the molecule is Cc1cnc(OCC2(N)CCCCCC2)nc1. The summed E-state index contributed by atoms with van der Waals surface area (Å²) in [5.74, 6) is 0. The molecule has 0 atom stereocenters. The van der Waals surface area contributed by atoms with E-state index in [1.54, 1.807) is 12.4 Å². The highest BCUT2D eigenvalue weighted by molar-refractivity contribution is 5.05. The standard InChI is InChI=1S/C13H21N3O/c1-11-8-15-12(16-9-11)17-10-13(14)6-4-2-3-5-7-13/h8-9H,2-7,10,14H2,1H3. The Hall–Kier alpha value is -1.16. The van der Waals surface area contributed by atoms with Crippen molar-refractivity contribution < 1.29 is 4.74 Å². The van der Waals surface area contributed by atoms with Gasteiger partial charge in [-0.1, -0.05) is 25.7 Å². The Balaban J connectivity index is 1.89. The van der Waals surface area contributed by atoms with Crippen molar-refractivity contribution in [1.29, 1.82) is 0 Å². The zero-order valence-electron chi connectivity index (χ0n) is 10.5. The van der Waals surface area contributed by atoms with Crippen molar-refractivity contribution in [3.05, 3.63) is 18.0 Å². The molecule has 0 saturated heterocycles. The fraction of sp³-hybridized carbons (Fsp3) is 0.692. The number of rotatable bonds is 3. The summed E-state index contributed by atoms with van der Waals surface area (Å²) in [4.78, 5) is 8.26. The third kappa shape index (κ3) is 3.66. The van der Waals surface area contributed by atoms with Gasteiger partial charge in [-0.25, -0.2) is 9.97 Å². The first-order valence-electron chi connectivity index (χ1n) is 6.38. The van der Waals surface area contributed by atoms with E-state index < -0.39 is 0 Å². The van der Waals surface area contributed by atoms with Crippen LogP contribution in [0.1, 0.15) is 44.1 Å². The van der Waals surface area contributed by atoms with E-state index in [0.717, 1.165) is 18.4 Å². The number of aryl methyl sites for hydroxylation is 1. The van der Waals surface area contributed by atoms with Gasteiger partial charge in [0.1, 0.15) is 6.61 Å². The Labute approximate surface area is 103 Å². The number of ether oxygens (including phenoxy) is 1. The van der Waals surface area contributed by atoms with Crippen molar-refractivity contribution in [2.24, 2.45) is 5.73 Å². The van der Waals surface area contributed by atoms with Gasteiger partial charge in [0.05, 0.1) is 5.54 Å². The van der Waals surface area contributed by atoms with Crippen molar-refractivity contribution in [3.8, 4) is 6.01 Å². The largest absolute Gasteiger partial charge is 0.462 e. The van der Waals surface area contributed by atoms with E-state index in [4.69, 9.17) is 10.5 Å². The highest BCUT2D eigenvalue weighted by atomic mass is 16.5. The molecule has 0 spiro atoms. The minimum absolute atomic E-state index is 0.190. The number of nitrogens with two attached hydrogens (primary N) is 1. The lowest BCUT2D eigenvalue weighted by Gasteiger charge is -2.27. The van der Waals surface area contributed by atoms with Gasteiger partial charge < -0.3 is 10.5 Å². The zero-order chi connectivity index (χ0) is 12.1. The molecule has 0 radical (unpaired) electrons. The molecule has 0 bridgehead atoms. The maximum absolute atomic E-state index is 6.36. The van der Waals surface area contributed by atoms with Crippen LogP contribution in [0.5, 0.6) is 6.01 Å². The summed E-state index contributed by atoms with van der Waals surface area (Å²) in [6, 6.07) is 0.435. The van der Waals surface area contributed by atoms with Crippen LogP contribution in [0.15, 0.2) is 12.4 Å². The first kappa shape index (κ1) is 12.3. The highest BCUT2D eigenvalue weighted by Crippen LogP contribution is 2.25. The second-order valence-corrected chi connectivity index (χ2v) is 5.11. The summed E-state index contributed by atoms with van der Waals surface area (Å²) in [5.41, 5.74) is 7.20. The van der Waals surface area contributed by atoms with Gasteiger partial charge >= 0.3 is 6.01 Å². The minimum Gasteiger partial charge on any atom is -0.462 e. The zero-order valence-corrected chi connectivity index (χ0v) is 10.5. The van der Waals surface area contributed by atoms with E-state index in [-0.39, 0.29) is 5.54 Å². The van der Waals surface area contributed by atoms with Crippen LogP contribution in [-0.2, 0) is 0 Å². The van der Waals surface area contributed by atoms with Gasteiger partial charge in [0.15, 0.2) is 0 Å². The van der Waals surface area contributed by atoms with Crippen LogP contribution in [-0.4, -0.2) is 22.1 Å². The average molecular weight is 235 g/mol. The van der Waals surface area contributed by atoms with Crippen LogP contribution in [0.4, 0.5) is 0 Å². The second-order valence-electron chi connectivity index (χ2n) is 5.11. The molecule has 1 saturated carbocycles. The topological polar surface area (TPSA) is 61.0 Å². The lowest BCUT2D eigenvalue weighted by Crippen LogP contribution is -2.45. The van der Waals surface area contributed by atoms with Gasteiger partial charge in [-0.05, 0) is 25.3 Å². The molecule has 0 amide bonds. The molecular formula is C13H21N3O. The molecule has 1 aromatic rings. The molecule has 2 N–H and O–H groups in total. The molecule has 1 heterocycles. The lowest BCUT2D eigenvalue weighted by atomic mass is 9.93. The first-order chi connectivity index (χ1) is 8.18. The molecule has 17 heavy (non-hydrogen) atoms. The van der Waals surface area contributed by atoms with Crippen molar-refractivity contribution in [3.63, 3.8) is 0 Å². The van der Waals surface area contributed by atoms with Crippen LogP contribution in [0, 0.1) is 6.92 Å². The molecule has 1 fully saturated rings. The molecular weight excluding hydrogens is 214 g/mol. The summed E-state index contributed by atoms with van der Waals surface area (Å²) in [6.45, 7) is 2.48. The normalized spacial score (nSPS) is 19.6. The predicted octanol–water partition coefficient (Wildman–Crippen LogP) is 2.22. The molecule has 1 aromatic heterocycles. The summed E-state index contributed by atoms with van der Waals surface area (Å²) in [6.07, 6.45) is 10.6. The molecule has 1 aliphatic rings. The molecule has 0 aliphatic heterocycles. The molecule has 1 aliphatic carbocycles. The third-order valence-electron chi connectivity index (χ3n) is 3.35. The molecule has 2 rings (SSSR count).